The normalized spacial score (nSPS) is 17.4. The first-order valence-electron chi connectivity index (χ1n) is 11.6. The van der Waals surface area contributed by atoms with Gasteiger partial charge in [-0.15, -0.1) is 0 Å². The first kappa shape index (κ1) is 23.6. The second-order valence-corrected chi connectivity index (χ2v) is 10.8. The van der Waals surface area contributed by atoms with Crippen molar-refractivity contribution in [1.82, 2.24) is 9.21 Å². The van der Waals surface area contributed by atoms with E-state index in [1.54, 1.807) is 18.2 Å². The first-order chi connectivity index (χ1) is 15.8. The van der Waals surface area contributed by atoms with E-state index in [1.807, 2.05) is 25.2 Å². The van der Waals surface area contributed by atoms with Crippen molar-refractivity contribution in [3.63, 3.8) is 0 Å². The van der Waals surface area contributed by atoms with E-state index in [0.29, 0.717) is 37.4 Å². The topological polar surface area (TPSA) is 86.8 Å². The summed E-state index contributed by atoms with van der Waals surface area (Å²) in [6.07, 6.45) is 4.57. The Labute approximate surface area is 195 Å². The lowest BCUT2D eigenvalue weighted by Crippen LogP contribution is -2.47. The van der Waals surface area contributed by atoms with Crippen molar-refractivity contribution >= 4 is 27.4 Å². The van der Waals surface area contributed by atoms with E-state index in [4.69, 9.17) is 0 Å². The minimum atomic E-state index is -3.61. The van der Waals surface area contributed by atoms with E-state index in [0.717, 1.165) is 19.3 Å². The number of carbonyl (C=O) groups is 2. The van der Waals surface area contributed by atoms with Crippen molar-refractivity contribution < 1.29 is 18.0 Å². The average molecular weight is 470 g/mol. The van der Waals surface area contributed by atoms with E-state index in [-0.39, 0.29) is 29.4 Å². The third-order valence-corrected chi connectivity index (χ3v) is 8.36. The van der Waals surface area contributed by atoms with Gasteiger partial charge in [-0.2, -0.15) is 4.31 Å². The molecule has 0 saturated carbocycles. The van der Waals surface area contributed by atoms with Gasteiger partial charge in [0.15, 0.2) is 5.78 Å². The molecule has 1 amide bonds. The van der Waals surface area contributed by atoms with Crippen LogP contribution in [0.15, 0.2) is 47.4 Å². The van der Waals surface area contributed by atoms with E-state index in [9.17, 15) is 18.0 Å². The summed E-state index contributed by atoms with van der Waals surface area (Å²) in [7, 11) is -1.64. The van der Waals surface area contributed by atoms with E-state index in [2.05, 4.69) is 10.2 Å². The Kier molecular flexibility index (Phi) is 7.26. The molecule has 7 nitrogen and oxygen atoms in total. The number of aryl methyl sites for hydroxylation is 2. The van der Waals surface area contributed by atoms with Gasteiger partial charge < -0.3 is 10.2 Å². The minimum absolute atomic E-state index is 0.0470. The Bertz CT molecular complexity index is 1140. The molecule has 0 unspecified atom stereocenters. The molecule has 1 saturated heterocycles. The van der Waals surface area contributed by atoms with Crippen molar-refractivity contribution in [3.05, 3.63) is 59.2 Å². The number of fused-ring (bicyclic) bond motifs is 1. The number of Topliss-reactive ketones (excluding diaryl/α,β-unsaturated/α-hetero) is 1. The average Bonchev–Trinajstić information content (AvgIpc) is 2.82. The molecule has 33 heavy (non-hydrogen) atoms. The summed E-state index contributed by atoms with van der Waals surface area (Å²) >= 11 is 0. The lowest BCUT2D eigenvalue weighted by Gasteiger charge is -2.31. The maximum atomic E-state index is 13.0. The number of nitrogens with one attached hydrogen (secondary N) is 1. The van der Waals surface area contributed by atoms with Crippen LogP contribution in [-0.4, -0.2) is 62.5 Å². The van der Waals surface area contributed by atoms with Crippen LogP contribution in [0.25, 0.3) is 0 Å². The SMILES string of the molecule is CN1CCN(S(=O)(=O)c2cccc(NC(=O)CCC(=O)c3ccc4c(c3)CCCC4)c2)CC1. The Hall–Kier alpha value is -2.55. The standard InChI is InChI=1S/C25H31N3O4S/c1-27-13-15-28(16-14-27)33(31,32)23-8-4-7-22(18-23)26-25(30)12-11-24(29)21-10-9-19-5-2-3-6-20(19)17-21/h4,7-10,17-18H,2-3,5-6,11-16H2,1H3,(H,26,30). The number of piperazine rings is 1. The number of rotatable bonds is 7. The van der Waals surface area contributed by atoms with Crippen molar-refractivity contribution in [2.45, 2.75) is 43.4 Å². The van der Waals surface area contributed by atoms with Crippen molar-refractivity contribution in [2.75, 3.05) is 38.5 Å². The van der Waals surface area contributed by atoms with Gasteiger partial charge >= 0.3 is 0 Å². The van der Waals surface area contributed by atoms with Crippen molar-refractivity contribution in [2.24, 2.45) is 0 Å². The summed E-state index contributed by atoms with van der Waals surface area (Å²) in [5.74, 6) is -0.361. The highest BCUT2D eigenvalue weighted by Gasteiger charge is 2.27. The number of carbonyl (C=O) groups excluding carboxylic acids is 2. The molecule has 0 spiro atoms. The second kappa shape index (κ2) is 10.2. The van der Waals surface area contributed by atoms with E-state index >= 15 is 0 Å². The van der Waals surface area contributed by atoms with Gasteiger partial charge in [0.1, 0.15) is 0 Å². The maximum Gasteiger partial charge on any atom is 0.243 e. The zero-order valence-electron chi connectivity index (χ0n) is 19.0. The number of hydrogen-bond acceptors (Lipinski definition) is 5. The molecule has 0 aromatic heterocycles. The molecule has 4 rings (SSSR count). The number of hydrogen-bond donors (Lipinski definition) is 1. The van der Waals surface area contributed by atoms with Crippen LogP contribution in [0.3, 0.4) is 0 Å². The lowest BCUT2D eigenvalue weighted by molar-refractivity contribution is -0.116. The van der Waals surface area contributed by atoms with Gasteiger partial charge in [0.05, 0.1) is 4.90 Å². The van der Waals surface area contributed by atoms with Crippen LogP contribution < -0.4 is 5.32 Å². The summed E-state index contributed by atoms with van der Waals surface area (Å²) in [6.45, 7) is 2.27. The van der Waals surface area contributed by atoms with Gasteiger partial charge in [-0.3, -0.25) is 9.59 Å². The number of ketones is 1. The molecule has 1 fully saturated rings. The van der Waals surface area contributed by atoms with Crippen LogP contribution in [-0.2, 0) is 27.7 Å². The molecule has 2 aromatic carbocycles. The number of anilines is 1. The van der Waals surface area contributed by atoms with Crippen LogP contribution >= 0.6 is 0 Å². The molecule has 0 bridgehead atoms. The zero-order chi connectivity index (χ0) is 23.4. The molecule has 1 aliphatic heterocycles. The van der Waals surface area contributed by atoms with Gasteiger partial charge in [-0.1, -0.05) is 18.2 Å². The summed E-state index contributed by atoms with van der Waals surface area (Å²) in [5, 5.41) is 2.74. The minimum Gasteiger partial charge on any atom is -0.326 e. The predicted molar refractivity (Wildman–Crippen MR) is 128 cm³/mol. The fourth-order valence-electron chi connectivity index (χ4n) is 4.41. The highest BCUT2D eigenvalue weighted by atomic mass is 32.2. The lowest BCUT2D eigenvalue weighted by atomic mass is 9.89. The van der Waals surface area contributed by atoms with Crippen LogP contribution in [0.2, 0.25) is 0 Å². The Morgan fingerprint density at radius 1 is 0.909 bits per heavy atom. The Morgan fingerprint density at radius 2 is 1.64 bits per heavy atom. The molecule has 0 atom stereocenters. The van der Waals surface area contributed by atoms with Gasteiger partial charge in [-0.05, 0) is 68.1 Å². The van der Waals surface area contributed by atoms with Crippen LogP contribution in [0.1, 0.15) is 47.2 Å². The largest absolute Gasteiger partial charge is 0.326 e. The number of nitrogens with zero attached hydrogens (tertiary/aromatic N) is 2. The molecule has 2 aromatic rings. The van der Waals surface area contributed by atoms with Crippen LogP contribution in [0.4, 0.5) is 5.69 Å². The highest BCUT2D eigenvalue weighted by Crippen LogP contribution is 2.24. The molecule has 1 heterocycles. The summed E-state index contributed by atoms with van der Waals surface area (Å²) in [6, 6.07) is 12.2. The van der Waals surface area contributed by atoms with Crippen LogP contribution in [0, 0.1) is 0 Å². The number of sulfonamides is 1. The smallest absolute Gasteiger partial charge is 0.243 e. The number of likely N-dealkylation sites (N-methyl/N-ethyl adjacent to an activating group) is 1. The van der Waals surface area contributed by atoms with Gasteiger partial charge in [0, 0.05) is 50.3 Å². The van der Waals surface area contributed by atoms with E-state index < -0.39 is 10.0 Å². The molecule has 8 heteroatoms. The maximum absolute atomic E-state index is 13.0. The van der Waals surface area contributed by atoms with Gasteiger partial charge in [0.25, 0.3) is 0 Å². The second-order valence-electron chi connectivity index (χ2n) is 8.90. The molecule has 0 radical (unpaired) electrons. The number of benzene rings is 2. The quantitative estimate of drug-likeness (QED) is 0.630. The van der Waals surface area contributed by atoms with Crippen molar-refractivity contribution in [1.29, 1.82) is 0 Å². The summed E-state index contributed by atoms with van der Waals surface area (Å²) in [4.78, 5) is 27.3. The third kappa shape index (κ3) is 5.69. The molecule has 2 aliphatic rings. The molecular formula is C25H31N3O4S. The van der Waals surface area contributed by atoms with Crippen molar-refractivity contribution in [3.8, 4) is 0 Å². The van der Waals surface area contributed by atoms with Gasteiger partial charge in [0.2, 0.25) is 15.9 Å². The third-order valence-electron chi connectivity index (χ3n) is 6.47. The monoisotopic (exact) mass is 469 g/mol. The summed E-state index contributed by atoms with van der Waals surface area (Å²) < 4.78 is 27.4. The Balaban J connectivity index is 1.35. The Morgan fingerprint density at radius 3 is 2.39 bits per heavy atom. The molecule has 1 aliphatic carbocycles. The molecular weight excluding hydrogens is 438 g/mol. The fourth-order valence-corrected chi connectivity index (χ4v) is 5.88. The predicted octanol–water partition coefficient (Wildman–Crippen LogP) is 3.10. The first-order valence-corrected chi connectivity index (χ1v) is 13.0. The highest BCUT2D eigenvalue weighted by molar-refractivity contribution is 7.89. The fraction of sp³-hybridized carbons (Fsp3) is 0.440. The molecule has 1 N–H and O–H groups in total. The molecule has 176 valence electrons. The number of amides is 1. The van der Waals surface area contributed by atoms with Crippen LogP contribution in [0.5, 0.6) is 0 Å². The van der Waals surface area contributed by atoms with E-state index in [1.165, 1.54) is 27.9 Å². The summed E-state index contributed by atoms with van der Waals surface area (Å²) in [5.41, 5.74) is 3.64. The zero-order valence-corrected chi connectivity index (χ0v) is 19.9. The van der Waals surface area contributed by atoms with Gasteiger partial charge in [-0.25, -0.2) is 8.42 Å².